The van der Waals surface area contributed by atoms with Crippen molar-refractivity contribution < 1.29 is 4.79 Å². The van der Waals surface area contributed by atoms with Crippen LogP contribution < -0.4 is 5.32 Å². The molecule has 0 saturated heterocycles. The summed E-state index contributed by atoms with van der Waals surface area (Å²) in [5.41, 5.74) is 2.37. The van der Waals surface area contributed by atoms with E-state index in [0.29, 0.717) is 5.56 Å². The summed E-state index contributed by atoms with van der Waals surface area (Å²) in [6, 6.07) is 1.89. The van der Waals surface area contributed by atoms with Crippen molar-refractivity contribution in [2.75, 3.05) is 26.0 Å². The fourth-order valence-electron chi connectivity index (χ4n) is 1.31. The van der Waals surface area contributed by atoms with Gasteiger partial charge >= 0.3 is 0 Å². The Morgan fingerprint density at radius 2 is 2.20 bits per heavy atom. The van der Waals surface area contributed by atoms with E-state index in [4.69, 9.17) is 0 Å². The summed E-state index contributed by atoms with van der Waals surface area (Å²) in [5.74, 6) is -0.0292. The van der Waals surface area contributed by atoms with Crippen LogP contribution in [0.4, 0.5) is 5.69 Å². The Morgan fingerprint density at radius 1 is 1.53 bits per heavy atom. The largest absolute Gasteiger partial charge is 0.385 e. The molecule has 0 aliphatic rings. The molecule has 0 spiro atoms. The van der Waals surface area contributed by atoms with E-state index < -0.39 is 0 Å². The van der Waals surface area contributed by atoms with Gasteiger partial charge < -0.3 is 10.2 Å². The molecule has 0 radical (unpaired) electrons. The number of amides is 1. The van der Waals surface area contributed by atoms with Crippen LogP contribution in [0.5, 0.6) is 0 Å². The van der Waals surface area contributed by atoms with E-state index in [2.05, 4.69) is 10.3 Å². The van der Waals surface area contributed by atoms with Crippen LogP contribution in [0.25, 0.3) is 0 Å². The van der Waals surface area contributed by atoms with E-state index in [9.17, 15) is 4.79 Å². The molecule has 0 aliphatic carbocycles. The molecule has 1 heterocycles. The first-order chi connectivity index (χ1) is 7.06. The van der Waals surface area contributed by atoms with Crippen molar-refractivity contribution in [2.45, 2.75) is 13.8 Å². The second-order valence-corrected chi connectivity index (χ2v) is 3.60. The summed E-state index contributed by atoms with van der Waals surface area (Å²) in [6.07, 6.45) is 1.62. The molecule has 0 fully saturated rings. The molecule has 1 amide bonds. The van der Waals surface area contributed by atoms with Gasteiger partial charge in [-0.05, 0) is 19.9 Å². The quantitative estimate of drug-likeness (QED) is 0.817. The molecule has 0 aliphatic heterocycles. The third kappa shape index (κ3) is 2.68. The third-order valence-corrected chi connectivity index (χ3v) is 2.04. The molecule has 0 aromatic carbocycles. The number of aromatic nitrogens is 1. The standard InChI is InChI=1S/C11H17N3O/c1-5-12-10-6-8(2)13-7-9(10)11(15)14(3)4/h6-7H,5H2,1-4H3,(H,12,13). The van der Waals surface area contributed by atoms with Crippen LogP contribution in [-0.2, 0) is 0 Å². The average molecular weight is 207 g/mol. The first-order valence-electron chi connectivity index (χ1n) is 4.98. The van der Waals surface area contributed by atoms with Crippen LogP contribution in [0.1, 0.15) is 23.0 Å². The summed E-state index contributed by atoms with van der Waals surface area (Å²) in [6.45, 7) is 4.70. The Hall–Kier alpha value is -1.58. The number of pyridine rings is 1. The molecule has 82 valence electrons. The lowest BCUT2D eigenvalue weighted by molar-refractivity contribution is 0.0828. The van der Waals surface area contributed by atoms with Crippen LogP contribution in [0, 0.1) is 6.92 Å². The maximum atomic E-state index is 11.8. The molecule has 0 bridgehead atoms. The fourth-order valence-corrected chi connectivity index (χ4v) is 1.31. The smallest absolute Gasteiger partial charge is 0.257 e. The number of anilines is 1. The summed E-state index contributed by atoms with van der Waals surface area (Å²) in [5, 5.41) is 3.17. The van der Waals surface area contributed by atoms with Crippen molar-refractivity contribution in [2.24, 2.45) is 0 Å². The Kier molecular flexibility index (Phi) is 3.66. The number of hydrogen-bond acceptors (Lipinski definition) is 3. The maximum Gasteiger partial charge on any atom is 0.257 e. The third-order valence-electron chi connectivity index (χ3n) is 2.04. The van der Waals surface area contributed by atoms with Crippen LogP contribution in [0.15, 0.2) is 12.3 Å². The second kappa shape index (κ2) is 4.77. The van der Waals surface area contributed by atoms with E-state index >= 15 is 0 Å². The molecule has 0 saturated carbocycles. The van der Waals surface area contributed by atoms with E-state index in [1.54, 1.807) is 25.2 Å². The van der Waals surface area contributed by atoms with Crippen molar-refractivity contribution in [3.8, 4) is 0 Å². The highest BCUT2D eigenvalue weighted by Crippen LogP contribution is 2.16. The fraction of sp³-hybridized carbons (Fsp3) is 0.455. The Labute approximate surface area is 90.3 Å². The molecule has 15 heavy (non-hydrogen) atoms. The predicted octanol–water partition coefficient (Wildman–Crippen LogP) is 1.52. The minimum absolute atomic E-state index is 0.0292. The molecule has 0 unspecified atom stereocenters. The second-order valence-electron chi connectivity index (χ2n) is 3.60. The Bertz CT molecular complexity index is 361. The molecule has 1 aromatic heterocycles. The molecule has 1 N–H and O–H groups in total. The highest BCUT2D eigenvalue weighted by Gasteiger charge is 2.13. The molecule has 1 rings (SSSR count). The Morgan fingerprint density at radius 3 is 2.73 bits per heavy atom. The van der Waals surface area contributed by atoms with Crippen molar-refractivity contribution in [1.82, 2.24) is 9.88 Å². The minimum atomic E-state index is -0.0292. The van der Waals surface area contributed by atoms with Gasteiger partial charge in [-0.1, -0.05) is 0 Å². The zero-order chi connectivity index (χ0) is 11.4. The van der Waals surface area contributed by atoms with Crippen LogP contribution in [-0.4, -0.2) is 36.4 Å². The summed E-state index contributed by atoms with van der Waals surface area (Å²) < 4.78 is 0. The lowest BCUT2D eigenvalue weighted by Gasteiger charge is -2.14. The lowest BCUT2D eigenvalue weighted by Crippen LogP contribution is -2.23. The van der Waals surface area contributed by atoms with Gasteiger partial charge in [0, 0.05) is 32.5 Å². The highest BCUT2D eigenvalue weighted by atomic mass is 16.2. The number of carbonyl (C=O) groups is 1. The number of carbonyl (C=O) groups excluding carboxylic acids is 1. The van der Waals surface area contributed by atoms with Crippen LogP contribution in [0.2, 0.25) is 0 Å². The first-order valence-corrected chi connectivity index (χ1v) is 4.98. The van der Waals surface area contributed by atoms with Gasteiger partial charge in [-0.15, -0.1) is 0 Å². The number of rotatable bonds is 3. The Balaban J connectivity index is 3.10. The van der Waals surface area contributed by atoms with Crippen molar-refractivity contribution in [1.29, 1.82) is 0 Å². The summed E-state index contributed by atoms with van der Waals surface area (Å²) in [4.78, 5) is 17.5. The topological polar surface area (TPSA) is 45.2 Å². The molecule has 0 atom stereocenters. The molecule has 4 heteroatoms. The zero-order valence-corrected chi connectivity index (χ0v) is 9.66. The van der Waals surface area contributed by atoms with Gasteiger partial charge in [-0.25, -0.2) is 0 Å². The SMILES string of the molecule is CCNc1cc(C)ncc1C(=O)N(C)C. The number of nitrogens with one attached hydrogen (secondary N) is 1. The van der Waals surface area contributed by atoms with Crippen molar-refractivity contribution in [3.63, 3.8) is 0 Å². The predicted molar refractivity (Wildman–Crippen MR) is 61.2 cm³/mol. The molecule has 4 nitrogen and oxygen atoms in total. The number of hydrogen-bond donors (Lipinski definition) is 1. The number of aryl methyl sites for hydroxylation is 1. The van der Waals surface area contributed by atoms with E-state index in [-0.39, 0.29) is 5.91 Å². The van der Waals surface area contributed by atoms with Gasteiger partial charge in [-0.2, -0.15) is 0 Å². The van der Waals surface area contributed by atoms with Crippen molar-refractivity contribution in [3.05, 3.63) is 23.5 Å². The van der Waals surface area contributed by atoms with Gasteiger partial charge in [0.1, 0.15) is 0 Å². The van der Waals surface area contributed by atoms with E-state index in [1.165, 1.54) is 0 Å². The zero-order valence-electron chi connectivity index (χ0n) is 9.66. The normalized spacial score (nSPS) is 9.87. The average Bonchev–Trinajstić information content (AvgIpc) is 2.17. The van der Waals surface area contributed by atoms with Gasteiger partial charge in [-0.3, -0.25) is 9.78 Å². The van der Waals surface area contributed by atoms with Gasteiger partial charge in [0.05, 0.1) is 11.3 Å². The first kappa shape index (κ1) is 11.5. The van der Waals surface area contributed by atoms with E-state index in [0.717, 1.165) is 17.9 Å². The highest BCUT2D eigenvalue weighted by molar-refractivity contribution is 5.99. The van der Waals surface area contributed by atoms with Crippen LogP contribution >= 0.6 is 0 Å². The lowest BCUT2D eigenvalue weighted by atomic mass is 10.2. The maximum absolute atomic E-state index is 11.8. The molecular weight excluding hydrogens is 190 g/mol. The van der Waals surface area contributed by atoms with E-state index in [1.807, 2.05) is 19.9 Å². The monoisotopic (exact) mass is 207 g/mol. The van der Waals surface area contributed by atoms with Crippen LogP contribution in [0.3, 0.4) is 0 Å². The van der Waals surface area contributed by atoms with Gasteiger partial charge in [0.15, 0.2) is 0 Å². The summed E-state index contributed by atoms with van der Waals surface area (Å²) >= 11 is 0. The minimum Gasteiger partial charge on any atom is -0.385 e. The van der Waals surface area contributed by atoms with Crippen molar-refractivity contribution >= 4 is 11.6 Å². The number of nitrogens with zero attached hydrogens (tertiary/aromatic N) is 2. The summed E-state index contributed by atoms with van der Waals surface area (Å²) in [7, 11) is 3.47. The molecule has 1 aromatic rings. The van der Waals surface area contributed by atoms with Gasteiger partial charge in [0.2, 0.25) is 0 Å². The molecular formula is C11H17N3O. The van der Waals surface area contributed by atoms with Gasteiger partial charge in [0.25, 0.3) is 5.91 Å².